The number of carbonyl (C=O) groups excluding carboxylic acids is 1. The molecule has 0 aliphatic carbocycles. The summed E-state index contributed by atoms with van der Waals surface area (Å²) in [5, 5.41) is 2.62. The van der Waals surface area contributed by atoms with Crippen LogP contribution in [0.3, 0.4) is 0 Å². The Morgan fingerprint density at radius 2 is 2.00 bits per heavy atom. The quantitative estimate of drug-likeness (QED) is 0.619. The standard InChI is InChI=1S/C17H12F2IN3O/c1-10-21-6-7-23(10)16-5-3-12(9-14(16)19)22-17(24)13-4-2-11(18)8-15(13)20/h2-9H,1H3,(H,22,24). The summed E-state index contributed by atoms with van der Waals surface area (Å²) in [6.45, 7) is 1.77. The van der Waals surface area contributed by atoms with E-state index in [9.17, 15) is 13.6 Å². The number of hydrogen-bond donors (Lipinski definition) is 1. The van der Waals surface area contributed by atoms with Gasteiger partial charge in [-0.15, -0.1) is 0 Å². The summed E-state index contributed by atoms with van der Waals surface area (Å²) in [5.74, 6) is -0.665. The number of benzene rings is 2. The average Bonchev–Trinajstić information content (AvgIpc) is 2.93. The lowest BCUT2D eigenvalue weighted by molar-refractivity contribution is 0.102. The van der Waals surface area contributed by atoms with Crippen molar-refractivity contribution in [2.24, 2.45) is 0 Å². The molecule has 0 aliphatic heterocycles. The molecule has 1 heterocycles. The molecular formula is C17H12F2IN3O. The molecule has 0 atom stereocenters. The van der Waals surface area contributed by atoms with E-state index in [1.165, 1.54) is 24.3 Å². The van der Waals surface area contributed by atoms with E-state index in [2.05, 4.69) is 10.3 Å². The van der Waals surface area contributed by atoms with Crippen LogP contribution in [0, 0.1) is 22.1 Å². The third kappa shape index (κ3) is 3.30. The van der Waals surface area contributed by atoms with Crippen LogP contribution in [-0.2, 0) is 0 Å². The molecule has 3 aromatic rings. The molecule has 2 aromatic carbocycles. The highest BCUT2D eigenvalue weighted by Gasteiger charge is 2.13. The fourth-order valence-electron chi connectivity index (χ4n) is 2.28. The molecule has 0 bridgehead atoms. The van der Waals surface area contributed by atoms with Crippen LogP contribution in [0.15, 0.2) is 48.8 Å². The lowest BCUT2D eigenvalue weighted by atomic mass is 10.2. The number of amides is 1. The molecule has 1 amide bonds. The monoisotopic (exact) mass is 439 g/mol. The Labute approximate surface area is 150 Å². The third-order valence-corrected chi connectivity index (χ3v) is 4.36. The van der Waals surface area contributed by atoms with Gasteiger partial charge in [0.05, 0.1) is 11.3 Å². The summed E-state index contributed by atoms with van der Waals surface area (Å²) in [6, 6.07) is 8.28. The molecule has 122 valence electrons. The van der Waals surface area contributed by atoms with Gasteiger partial charge in [0.25, 0.3) is 5.91 Å². The first-order valence-corrected chi connectivity index (χ1v) is 8.10. The first-order valence-electron chi connectivity index (χ1n) is 7.02. The van der Waals surface area contributed by atoms with Crippen molar-refractivity contribution in [3.63, 3.8) is 0 Å². The second kappa shape index (κ2) is 6.68. The molecule has 0 saturated carbocycles. The van der Waals surface area contributed by atoms with Gasteiger partial charge in [-0.1, -0.05) is 0 Å². The molecule has 1 N–H and O–H groups in total. The summed E-state index contributed by atoms with van der Waals surface area (Å²) in [5.41, 5.74) is 0.991. The smallest absolute Gasteiger partial charge is 0.256 e. The number of carbonyl (C=O) groups is 1. The highest BCUT2D eigenvalue weighted by atomic mass is 127. The van der Waals surface area contributed by atoms with Gasteiger partial charge in [-0.2, -0.15) is 0 Å². The van der Waals surface area contributed by atoms with Crippen molar-refractivity contribution in [1.29, 1.82) is 0 Å². The molecule has 0 aliphatic rings. The molecule has 0 unspecified atom stereocenters. The summed E-state index contributed by atoms with van der Waals surface area (Å²) >= 11 is 1.88. The van der Waals surface area contributed by atoms with Crippen molar-refractivity contribution in [2.75, 3.05) is 5.32 Å². The highest BCUT2D eigenvalue weighted by Crippen LogP contribution is 2.21. The van der Waals surface area contributed by atoms with Crippen molar-refractivity contribution in [2.45, 2.75) is 6.92 Å². The van der Waals surface area contributed by atoms with Crippen molar-refractivity contribution >= 4 is 34.2 Å². The van der Waals surface area contributed by atoms with E-state index in [1.54, 1.807) is 36.0 Å². The zero-order valence-electron chi connectivity index (χ0n) is 12.6. The van der Waals surface area contributed by atoms with Gasteiger partial charge in [-0.3, -0.25) is 4.79 Å². The number of rotatable bonds is 3. The van der Waals surface area contributed by atoms with Crippen molar-refractivity contribution in [1.82, 2.24) is 9.55 Å². The summed E-state index contributed by atoms with van der Waals surface area (Å²) in [4.78, 5) is 16.3. The van der Waals surface area contributed by atoms with Crippen LogP contribution in [0.2, 0.25) is 0 Å². The molecule has 0 spiro atoms. The van der Waals surface area contributed by atoms with Crippen LogP contribution in [0.1, 0.15) is 16.2 Å². The minimum Gasteiger partial charge on any atom is -0.322 e. The first kappa shape index (κ1) is 16.6. The number of anilines is 1. The van der Waals surface area contributed by atoms with Gasteiger partial charge in [-0.25, -0.2) is 13.8 Å². The van der Waals surface area contributed by atoms with Gasteiger partial charge < -0.3 is 9.88 Å². The summed E-state index contributed by atoms with van der Waals surface area (Å²) in [7, 11) is 0. The van der Waals surface area contributed by atoms with Crippen LogP contribution in [0.4, 0.5) is 14.5 Å². The van der Waals surface area contributed by atoms with Gasteiger partial charge in [0.1, 0.15) is 17.5 Å². The van der Waals surface area contributed by atoms with E-state index < -0.39 is 17.5 Å². The van der Waals surface area contributed by atoms with Gasteiger partial charge in [0.2, 0.25) is 0 Å². The van der Waals surface area contributed by atoms with Crippen molar-refractivity contribution < 1.29 is 13.6 Å². The fourth-order valence-corrected chi connectivity index (χ4v) is 3.01. The van der Waals surface area contributed by atoms with E-state index in [1.807, 2.05) is 22.6 Å². The van der Waals surface area contributed by atoms with Crippen LogP contribution >= 0.6 is 22.6 Å². The maximum Gasteiger partial charge on any atom is 0.256 e. The van der Waals surface area contributed by atoms with Gasteiger partial charge in [0, 0.05) is 21.7 Å². The molecule has 24 heavy (non-hydrogen) atoms. The van der Waals surface area contributed by atoms with E-state index in [4.69, 9.17) is 0 Å². The van der Waals surface area contributed by atoms with E-state index in [-0.39, 0.29) is 0 Å². The highest BCUT2D eigenvalue weighted by molar-refractivity contribution is 14.1. The van der Waals surface area contributed by atoms with Crippen LogP contribution < -0.4 is 5.32 Å². The predicted molar refractivity (Wildman–Crippen MR) is 95.3 cm³/mol. The normalized spacial score (nSPS) is 10.7. The molecule has 0 fully saturated rings. The maximum absolute atomic E-state index is 14.3. The third-order valence-electron chi connectivity index (χ3n) is 3.47. The minimum absolute atomic E-state index is 0.319. The zero-order chi connectivity index (χ0) is 17.3. The molecule has 7 heteroatoms. The maximum atomic E-state index is 14.3. The lowest BCUT2D eigenvalue weighted by Crippen LogP contribution is -2.14. The van der Waals surface area contributed by atoms with Gasteiger partial charge in [-0.05, 0) is 65.9 Å². The average molecular weight is 439 g/mol. The largest absolute Gasteiger partial charge is 0.322 e. The van der Waals surface area contributed by atoms with E-state index in [0.717, 1.165) is 0 Å². The minimum atomic E-state index is -0.484. The number of hydrogen-bond acceptors (Lipinski definition) is 2. The molecule has 0 radical (unpaired) electrons. The molecule has 4 nitrogen and oxygen atoms in total. The van der Waals surface area contributed by atoms with Crippen LogP contribution in [-0.4, -0.2) is 15.5 Å². The Balaban J connectivity index is 1.85. The topological polar surface area (TPSA) is 46.9 Å². The number of aryl methyl sites for hydroxylation is 1. The molecule has 3 rings (SSSR count). The zero-order valence-corrected chi connectivity index (χ0v) is 14.7. The van der Waals surface area contributed by atoms with Gasteiger partial charge in [0.15, 0.2) is 0 Å². The number of nitrogens with zero attached hydrogens (tertiary/aromatic N) is 2. The Hall–Kier alpha value is -2.29. The lowest BCUT2D eigenvalue weighted by Gasteiger charge is -2.10. The number of aromatic nitrogens is 2. The Morgan fingerprint density at radius 1 is 1.21 bits per heavy atom. The molecule has 0 saturated heterocycles. The van der Waals surface area contributed by atoms with Crippen molar-refractivity contribution in [3.8, 4) is 5.69 Å². The second-order valence-electron chi connectivity index (χ2n) is 5.09. The molecule has 1 aromatic heterocycles. The van der Waals surface area contributed by atoms with Gasteiger partial charge >= 0.3 is 0 Å². The van der Waals surface area contributed by atoms with E-state index in [0.29, 0.717) is 26.3 Å². The van der Waals surface area contributed by atoms with E-state index >= 15 is 0 Å². The SMILES string of the molecule is Cc1nccn1-c1ccc(NC(=O)c2ccc(F)cc2I)cc1F. The van der Waals surface area contributed by atoms with Crippen molar-refractivity contribution in [3.05, 3.63) is 75.4 Å². The second-order valence-corrected chi connectivity index (χ2v) is 6.25. The summed E-state index contributed by atoms with van der Waals surface area (Å²) in [6.07, 6.45) is 3.24. The summed E-state index contributed by atoms with van der Waals surface area (Å²) < 4.78 is 29.5. The van der Waals surface area contributed by atoms with Crippen LogP contribution in [0.25, 0.3) is 5.69 Å². The number of halogens is 3. The number of imidazole rings is 1. The number of nitrogens with one attached hydrogen (secondary N) is 1. The fraction of sp³-hybridized carbons (Fsp3) is 0.0588. The predicted octanol–water partition coefficient (Wildman–Crippen LogP) is 4.32. The Bertz CT molecular complexity index is 924. The Kier molecular flexibility index (Phi) is 4.61. The first-order chi connectivity index (χ1) is 11.5. The van der Waals surface area contributed by atoms with Crippen LogP contribution in [0.5, 0.6) is 0 Å². The Morgan fingerprint density at radius 3 is 2.62 bits per heavy atom. The molecular weight excluding hydrogens is 427 g/mol.